The number of nitrogens with one attached hydrogen (secondary N) is 2. The van der Waals surface area contributed by atoms with Gasteiger partial charge in [-0.2, -0.15) is 5.10 Å². The molecule has 25 heavy (non-hydrogen) atoms. The molecular weight excluding hydrogens is 320 g/mol. The van der Waals surface area contributed by atoms with Gasteiger partial charge in [0.15, 0.2) is 0 Å². The smallest absolute Gasteiger partial charge is 0.251 e. The van der Waals surface area contributed by atoms with Gasteiger partial charge in [0.05, 0.1) is 11.6 Å². The number of phenolic OH excluding ortho intramolecular Hbond substituents is 1. The van der Waals surface area contributed by atoms with E-state index in [9.17, 15) is 14.7 Å². The summed E-state index contributed by atoms with van der Waals surface area (Å²) in [6.07, 6.45) is 0. The first kappa shape index (κ1) is 18.5. The van der Waals surface area contributed by atoms with E-state index in [0.29, 0.717) is 18.7 Å². The molecular formula is C18H24N4O3. The number of aromatic nitrogens is 2. The van der Waals surface area contributed by atoms with Gasteiger partial charge in [0.2, 0.25) is 5.91 Å². The minimum absolute atomic E-state index is 0.0990. The van der Waals surface area contributed by atoms with Crippen molar-refractivity contribution in [2.45, 2.75) is 26.7 Å². The van der Waals surface area contributed by atoms with Gasteiger partial charge in [-0.3, -0.25) is 14.3 Å². The lowest BCUT2D eigenvalue weighted by Gasteiger charge is -2.13. The molecule has 134 valence electrons. The van der Waals surface area contributed by atoms with Gasteiger partial charge < -0.3 is 15.7 Å². The normalized spacial score (nSPS) is 11.8. The molecule has 2 amide bonds. The van der Waals surface area contributed by atoms with Crippen molar-refractivity contribution in [3.8, 4) is 5.75 Å². The minimum Gasteiger partial charge on any atom is -0.508 e. The van der Waals surface area contributed by atoms with Gasteiger partial charge in [0.1, 0.15) is 5.75 Å². The molecule has 0 unspecified atom stereocenters. The topological polar surface area (TPSA) is 96.3 Å². The number of aromatic hydroxyl groups is 1. The van der Waals surface area contributed by atoms with Gasteiger partial charge >= 0.3 is 0 Å². The number of amides is 2. The SMILES string of the molecule is Cc1nn(C)c(C)c1[C@@H](C)C(=O)NCCNC(=O)c1ccc(O)cc1. The van der Waals surface area contributed by atoms with E-state index in [0.717, 1.165) is 17.0 Å². The second kappa shape index (κ2) is 7.83. The Morgan fingerprint density at radius 2 is 1.76 bits per heavy atom. The minimum atomic E-state index is -0.304. The first-order valence-corrected chi connectivity index (χ1v) is 8.16. The Morgan fingerprint density at radius 1 is 1.16 bits per heavy atom. The van der Waals surface area contributed by atoms with Crippen LogP contribution in [0.4, 0.5) is 0 Å². The van der Waals surface area contributed by atoms with Crippen LogP contribution < -0.4 is 10.6 Å². The van der Waals surface area contributed by atoms with Crippen LogP contribution in [-0.4, -0.2) is 39.8 Å². The van der Waals surface area contributed by atoms with Crippen LogP contribution in [0.15, 0.2) is 24.3 Å². The molecule has 0 radical (unpaired) electrons. The van der Waals surface area contributed by atoms with E-state index in [1.807, 2.05) is 27.8 Å². The van der Waals surface area contributed by atoms with Gasteiger partial charge in [-0.1, -0.05) is 0 Å². The summed E-state index contributed by atoms with van der Waals surface area (Å²) in [5.74, 6) is -0.542. The van der Waals surface area contributed by atoms with Crippen LogP contribution in [0.2, 0.25) is 0 Å². The van der Waals surface area contributed by atoms with E-state index < -0.39 is 0 Å². The van der Waals surface area contributed by atoms with E-state index >= 15 is 0 Å². The number of rotatable bonds is 6. The summed E-state index contributed by atoms with van der Waals surface area (Å²) in [6, 6.07) is 5.99. The monoisotopic (exact) mass is 344 g/mol. The lowest BCUT2D eigenvalue weighted by Crippen LogP contribution is -2.36. The average molecular weight is 344 g/mol. The maximum Gasteiger partial charge on any atom is 0.251 e. The molecule has 7 heteroatoms. The van der Waals surface area contributed by atoms with Crippen molar-refractivity contribution < 1.29 is 14.7 Å². The fourth-order valence-corrected chi connectivity index (χ4v) is 2.78. The number of phenols is 1. The average Bonchev–Trinajstić information content (AvgIpc) is 2.83. The third kappa shape index (κ3) is 4.37. The Kier molecular flexibility index (Phi) is 5.80. The summed E-state index contributed by atoms with van der Waals surface area (Å²) >= 11 is 0. The Balaban J connectivity index is 1.82. The summed E-state index contributed by atoms with van der Waals surface area (Å²) in [5, 5.41) is 19.1. The molecule has 0 spiro atoms. The molecule has 7 nitrogen and oxygen atoms in total. The first-order valence-electron chi connectivity index (χ1n) is 8.16. The van der Waals surface area contributed by atoms with Crippen molar-refractivity contribution in [3.05, 3.63) is 46.8 Å². The second-order valence-corrected chi connectivity index (χ2v) is 6.02. The maximum absolute atomic E-state index is 12.3. The first-order chi connectivity index (χ1) is 11.8. The zero-order valence-corrected chi connectivity index (χ0v) is 15.0. The number of aryl methyl sites for hydroxylation is 2. The van der Waals surface area contributed by atoms with Crippen molar-refractivity contribution in [2.75, 3.05) is 13.1 Å². The molecule has 1 atom stereocenters. The molecule has 0 fully saturated rings. The Hall–Kier alpha value is -2.83. The van der Waals surface area contributed by atoms with E-state index in [-0.39, 0.29) is 23.5 Å². The molecule has 1 heterocycles. The molecule has 0 saturated heterocycles. The lowest BCUT2D eigenvalue weighted by atomic mass is 9.98. The largest absolute Gasteiger partial charge is 0.508 e. The zero-order valence-electron chi connectivity index (χ0n) is 15.0. The Bertz CT molecular complexity index is 765. The second-order valence-electron chi connectivity index (χ2n) is 6.02. The van der Waals surface area contributed by atoms with Crippen LogP contribution >= 0.6 is 0 Å². The molecule has 0 aliphatic carbocycles. The number of carbonyl (C=O) groups is 2. The van der Waals surface area contributed by atoms with Gasteiger partial charge in [-0.05, 0) is 45.0 Å². The van der Waals surface area contributed by atoms with Gasteiger partial charge in [-0.25, -0.2) is 0 Å². The maximum atomic E-state index is 12.3. The molecule has 0 saturated carbocycles. The van der Waals surface area contributed by atoms with E-state index in [1.54, 1.807) is 16.8 Å². The van der Waals surface area contributed by atoms with Gasteiger partial charge in [0.25, 0.3) is 5.91 Å². The summed E-state index contributed by atoms with van der Waals surface area (Å²) < 4.78 is 1.77. The zero-order chi connectivity index (χ0) is 18.6. The van der Waals surface area contributed by atoms with Gasteiger partial charge in [0, 0.05) is 37.0 Å². The lowest BCUT2D eigenvalue weighted by molar-refractivity contribution is -0.122. The van der Waals surface area contributed by atoms with Crippen molar-refractivity contribution >= 4 is 11.8 Å². The quantitative estimate of drug-likeness (QED) is 0.690. The van der Waals surface area contributed by atoms with Crippen LogP contribution in [0, 0.1) is 13.8 Å². The third-order valence-corrected chi connectivity index (χ3v) is 4.23. The van der Waals surface area contributed by atoms with E-state index in [2.05, 4.69) is 15.7 Å². The van der Waals surface area contributed by atoms with Crippen LogP contribution in [0.25, 0.3) is 0 Å². The van der Waals surface area contributed by atoms with Crippen LogP contribution in [0.1, 0.15) is 40.2 Å². The summed E-state index contributed by atoms with van der Waals surface area (Å²) in [6.45, 7) is 6.34. The number of carbonyl (C=O) groups excluding carboxylic acids is 2. The number of hydrogen-bond acceptors (Lipinski definition) is 4. The van der Waals surface area contributed by atoms with Crippen molar-refractivity contribution in [2.24, 2.45) is 7.05 Å². The highest BCUT2D eigenvalue weighted by atomic mass is 16.3. The van der Waals surface area contributed by atoms with Crippen molar-refractivity contribution in [3.63, 3.8) is 0 Å². The molecule has 2 aromatic rings. The number of nitrogens with zero attached hydrogens (tertiary/aromatic N) is 2. The highest BCUT2D eigenvalue weighted by Gasteiger charge is 2.22. The number of hydrogen-bond donors (Lipinski definition) is 3. The third-order valence-electron chi connectivity index (χ3n) is 4.23. The Labute approximate surface area is 147 Å². The molecule has 1 aromatic carbocycles. The number of benzene rings is 1. The fourth-order valence-electron chi connectivity index (χ4n) is 2.78. The molecule has 3 N–H and O–H groups in total. The molecule has 0 bridgehead atoms. The van der Waals surface area contributed by atoms with Crippen molar-refractivity contribution in [1.82, 2.24) is 20.4 Å². The fraction of sp³-hybridized carbons (Fsp3) is 0.389. The predicted octanol–water partition coefficient (Wildman–Crippen LogP) is 1.39. The Morgan fingerprint density at radius 3 is 2.32 bits per heavy atom. The summed E-state index contributed by atoms with van der Waals surface area (Å²) in [5.41, 5.74) is 3.22. The molecule has 0 aliphatic heterocycles. The van der Waals surface area contributed by atoms with Gasteiger partial charge in [-0.15, -0.1) is 0 Å². The summed E-state index contributed by atoms with van der Waals surface area (Å²) in [7, 11) is 1.86. The summed E-state index contributed by atoms with van der Waals surface area (Å²) in [4.78, 5) is 24.3. The van der Waals surface area contributed by atoms with Crippen LogP contribution in [0.3, 0.4) is 0 Å². The highest BCUT2D eigenvalue weighted by molar-refractivity contribution is 5.94. The van der Waals surface area contributed by atoms with Crippen LogP contribution in [-0.2, 0) is 11.8 Å². The highest BCUT2D eigenvalue weighted by Crippen LogP contribution is 2.22. The molecule has 1 aromatic heterocycles. The van der Waals surface area contributed by atoms with Crippen molar-refractivity contribution in [1.29, 1.82) is 0 Å². The van der Waals surface area contributed by atoms with Crippen LogP contribution in [0.5, 0.6) is 5.75 Å². The molecule has 0 aliphatic rings. The predicted molar refractivity (Wildman–Crippen MR) is 94.5 cm³/mol. The molecule has 2 rings (SSSR count). The van der Waals surface area contributed by atoms with E-state index in [1.165, 1.54) is 12.1 Å². The van der Waals surface area contributed by atoms with E-state index in [4.69, 9.17) is 0 Å². The standard InChI is InChI=1S/C18H24N4O3/c1-11(16-12(2)21-22(4)13(16)3)17(24)19-9-10-20-18(25)14-5-7-15(23)8-6-14/h5-8,11,23H,9-10H2,1-4H3,(H,19,24)(H,20,25)/t11-/m1/s1.